The summed E-state index contributed by atoms with van der Waals surface area (Å²) in [7, 11) is 4.34. The number of nitrogen functional groups attached to an aromatic ring is 5. The zero-order chi connectivity index (χ0) is 85.8. The molecule has 0 saturated carbocycles. The molecule has 5 aromatic heterocycles. The van der Waals surface area contributed by atoms with Gasteiger partial charge in [0, 0.05) is 80.2 Å². The normalized spacial score (nSPS) is 11.1. The van der Waals surface area contributed by atoms with Crippen LogP contribution in [0.3, 0.4) is 0 Å². The molecule has 6 heterocycles. The van der Waals surface area contributed by atoms with Crippen LogP contribution in [0.5, 0.6) is 0 Å². The number of thiol groups is 1. The number of hydrogen-bond acceptors (Lipinski definition) is 27. The molecular formula is C70H75BBr3Cl12N24O5S. The molecule has 619 valence electrons. The third-order valence-electron chi connectivity index (χ3n) is 13.6. The number of alkyl carbamates (subject to hydrolysis) is 2. The number of amides is 3. The van der Waals surface area contributed by atoms with E-state index in [0.717, 1.165) is 0 Å². The second-order valence-electron chi connectivity index (χ2n) is 24.4. The van der Waals surface area contributed by atoms with Crippen LogP contribution < -0.4 is 72.0 Å². The first-order valence-electron chi connectivity index (χ1n) is 32.9. The van der Waals surface area contributed by atoms with E-state index in [9.17, 15) is 14.4 Å². The molecule has 0 bridgehead atoms. The van der Waals surface area contributed by atoms with E-state index in [1.54, 1.807) is 112 Å². The first kappa shape index (κ1) is 101. The number of halogens is 15. The number of hydrogen-bond donors (Lipinski definition) is 14. The Kier molecular flexibility index (Phi) is 42.7. The molecule has 29 nitrogen and oxygen atoms in total. The van der Waals surface area contributed by atoms with E-state index in [1.807, 2.05) is 20.8 Å². The molecule has 10 aromatic rings. The number of benzene rings is 5. The molecule has 0 unspecified atom stereocenters. The number of nitrogens with two attached hydrogens (primary N) is 7. The Morgan fingerprint density at radius 3 is 1.17 bits per heavy atom. The van der Waals surface area contributed by atoms with Crippen molar-refractivity contribution in [3.05, 3.63) is 177 Å². The van der Waals surface area contributed by atoms with Crippen LogP contribution in [-0.2, 0) is 9.47 Å². The quantitative estimate of drug-likeness (QED) is 0.0273. The predicted octanol–water partition coefficient (Wildman–Crippen LogP) is 19.5. The van der Waals surface area contributed by atoms with Crippen LogP contribution >= 0.6 is 200 Å². The van der Waals surface area contributed by atoms with Crippen molar-refractivity contribution >= 4 is 272 Å². The molecule has 5 aromatic carbocycles. The number of nitrogens with zero attached hydrogens (tertiary/aromatic N) is 11. The molecule has 20 N–H and O–H groups in total. The first-order chi connectivity index (χ1) is 54.2. The van der Waals surface area contributed by atoms with Gasteiger partial charge in [-0.15, -0.1) is 0 Å². The number of nitrogens with one attached hydrogen (secondary N) is 6. The van der Waals surface area contributed by atoms with Crippen molar-refractivity contribution < 1.29 is 23.9 Å². The molecule has 1 radical (unpaired) electrons. The third-order valence-corrected chi connectivity index (χ3v) is 20.0. The molecule has 0 saturated heterocycles. The number of anilines is 8. The monoisotopic (exact) mass is 2030 g/mol. The summed E-state index contributed by atoms with van der Waals surface area (Å²) in [6, 6.07) is 26.0. The number of rotatable bonds is 14. The summed E-state index contributed by atoms with van der Waals surface area (Å²) in [5.41, 5.74) is 44.4. The molecule has 0 atom stereocenters. The molecule has 3 amide bonds. The van der Waals surface area contributed by atoms with Gasteiger partial charge in [-0.3, -0.25) is 4.79 Å². The van der Waals surface area contributed by atoms with Gasteiger partial charge in [-0.1, -0.05) is 207 Å². The van der Waals surface area contributed by atoms with Gasteiger partial charge in [-0.05, 0) is 120 Å². The Morgan fingerprint density at radius 2 is 0.793 bits per heavy atom. The Morgan fingerprint density at radius 1 is 0.466 bits per heavy atom. The van der Waals surface area contributed by atoms with E-state index in [0.29, 0.717) is 190 Å². The number of fused-ring (bicyclic) bond motifs is 1. The third kappa shape index (κ3) is 31.3. The number of aromatic nitrogens is 10. The fraction of sp³-hybridized carbons (Fsp3) is 0.243. The maximum atomic E-state index is 12.0. The number of ether oxygens (including phenoxy) is 2. The summed E-state index contributed by atoms with van der Waals surface area (Å²) >= 11 is 85.1. The van der Waals surface area contributed by atoms with Crippen molar-refractivity contribution in [3.8, 4) is 56.3 Å². The molecule has 116 heavy (non-hydrogen) atoms. The minimum absolute atomic E-state index is 0. The fourth-order valence-electron chi connectivity index (χ4n) is 8.81. The van der Waals surface area contributed by atoms with Crippen LogP contribution in [-0.4, -0.2) is 139 Å². The summed E-state index contributed by atoms with van der Waals surface area (Å²) in [6.45, 7) is 14.6. The average Bonchev–Trinajstić information content (AvgIpc) is 1.25. The van der Waals surface area contributed by atoms with Gasteiger partial charge >= 0.3 is 36.9 Å². The SMILES string of the molecule is C.CC(C)(C)OC(=O)NCCN.CC(C)(C)OC(=O)NCCNc1nc(N)c(-c2cccc(Cl)c2Cl)nc1Br.NCCNc1nc(N)c(-c2cccc(Cl)c2Cl)nc1Br.Nc1nc(Cl)c(Br)nc1-c1cccc(Cl)c1Cl.Nc1nc(Cl)cnc1-c1cccc(Cl)c1Cl.Nc1nc2c(nc1-c1cccc(Cl)c1Cl)C(=O)NCCN2.[B]=NS. The molecule has 11 rings (SSSR count). The van der Waals surface area contributed by atoms with Gasteiger partial charge in [-0.25, -0.2) is 59.4 Å². The van der Waals surface area contributed by atoms with Crippen molar-refractivity contribution in [1.82, 2.24) is 65.8 Å². The Labute approximate surface area is 760 Å². The van der Waals surface area contributed by atoms with Crippen LogP contribution in [0, 0.1) is 0 Å². The molecule has 0 aliphatic carbocycles. The zero-order valence-corrected chi connectivity index (χ0v) is 75.8. The molecule has 0 fully saturated rings. The zero-order valence-electron chi connectivity index (χ0n) is 61.1. The molecule has 1 aliphatic rings. The van der Waals surface area contributed by atoms with Crippen molar-refractivity contribution in [2.75, 3.05) is 97.0 Å². The molecule has 1 aliphatic heterocycles. The summed E-state index contributed by atoms with van der Waals surface area (Å²) in [5, 5.41) is 21.3. The van der Waals surface area contributed by atoms with Crippen molar-refractivity contribution in [1.29, 1.82) is 0 Å². The van der Waals surface area contributed by atoms with E-state index < -0.39 is 23.4 Å². The molecule has 0 spiro atoms. The number of carbonyl (C=O) groups excluding carboxylic acids is 3. The first-order valence-corrected chi connectivity index (χ1v) is 40.2. The predicted molar refractivity (Wildman–Crippen MR) is 491 cm³/mol. The summed E-state index contributed by atoms with van der Waals surface area (Å²) in [6.07, 6.45) is 0.507. The summed E-state index contributed by atoms with van der Waals surface area (Å²) in [5.74, 6) is 2.10. The topological polar surface area (TPSA) is 465 Å². The van der Waals surface area contributed by atoms with Crippen molar-refractivity contribution in [2.45, 2.75) is 60.2 Å². The van der Waals surface area contributed by atoms with Gasteiger partial charge in [0.1, 0.15) is 58.6 Å². The van der Waals surface area contributed by atoms with Crippen molar-refractivity contribution in [2.24, 2.45) is 15.8 Å². The van der Waals surface area contributed by atoms with Gasteiger partial charge in [0.2, 0.25) is 0 Å². The van der Waals surface area contributed by atoms with Gasteiger partial charge in [0.25, 0.3) is 5.91 Å². The minimum atomic E-state index is -0.544. The Balaban J connectivity index is 0.000000295. The second-order valence-corrected chi connectivity index (χ2v) is 31.6. The summed E-state index contributed by atoms with van der Waals surface area (Å²) < 4.78 is 14.2. The average molecular weight is 2040 g/mol. The van der Waals surface area contributed by atoms with E-state index in [2.05, 4.69) is 154 Å². The van der Waals surface area contributed by atoms with Crippen LogP contribution in [0.25, 0.3) is 56.3 Å². The second kappa shape index (κ2) is 48.9. The maximum absolute atomic E-state index is 12.0. The summed E-state index contributed by atoms with van der Waals surface area (Å²) in [4.78, 5) is 76.5. The van der Waals surface area contributed by atoms with Crippen LogP contribution in [0.4, 0.5) is 56.1 Å². The van der Waals surface area contributed by atoms with Crippen LogP contribution in [0.1, 0.15) is 59.5 Å². The Hall–Kier alpha value is -7.04. The van der Waals surface area contributed by atoms with Gasteiger partial charge in [0.05, 0.1) is 56.4 Å². The van der Waals surface area contributed by atoms with Crippen LogP contribution in [0.2, 0.25) is 60.5 Å². The van der Waals surface area contributed by atoms with Crippen LogP contribution in [0.15, 0.2) is 115 Å². The van der Waals surface area contributed by atoms with E-state index >= 15 is 0 Å². The standard InChI is InChI=1S/C17H20BrCl2N5O2.C13H11Cl2N5O.C12H12BrCl2N5.C10H5BrCl3N3.C10H6Cl3N3.C7H16N2O2.CH4.BHNS/c1-17(2,3)27-16(26)23-8-7-22-15-13(18)24-12(14(21)25-15)9-5-4-6-10(19)11(9)20;14-7-3-1-2-6(8(7)15)9-11(16)20-12-10(19-9)13(21)18-5-4-17-12;13-10-12(18-5-4-16)20-11(17)9(19-10)6-2-1-3-7(14)8(6)15;11-8-9(14)17-10(15)7(16-8)4-2-1-3-5(12)6(4)13;11-6-3-1-2-5(8(6)13)9-10(14)16-7(12)4-15-9;1-7(2,3)11-6(10)9-5-4-8;;1-2-3/h4-6H,7-8H2,1-3H3,(H,23,26)(H3,21,22,25);1-3H,4-5H2,(H,18,21)(H3,16,17,20);1-3H,4-5,16H2,(H3,17,18,20);1-3H,(H2,15,17);1-4H,(H2,14,16);4-5,8H2,1-3H3,(H,9,10);1H4;3H. The van der Waals surface area contributed by atoms with E-state index in [1.165, 1.54) is 6.20 Å². The van der Waals surface area contributed by atoms with Gasteiger partial charge in [0.15, 0.2) is 57.4 Å². The van der Waals surface area contributed by atoms with Gasteiger partial charge in [-0.2, -0.15) is 0 Å². The molecule has 46 heteroatoms. The van der Waals surface area contributed by atoms with E-state index in [4.69, 9.17) is 189 Å². The molecular weight excluding hydrogens is 1960 g/mol. The fourth-order valence-corrected chi connectivity index (χ4v) is 12.1. The van der Waals surface area contributed by atoms with Crippen molar-refractivity contribution in [3.63, 3.8) is 0 Å². The van der Waals surface area contributed by atoms with Gasteiger partial charge < -0.3 is 81.5 Å². The van der Waals surface area contributed by atoms with E-state index in [-0.39, 0.29) is 58.4 Å². The number of carbonyl (C=O) groups is 3. The Bertz CT molecular complexity index is 5080.